The Balaban J connectivity index is 1.66. The highest BCUT2D eigenvalue weighted by Crippen LogP contribution is 2.27. The number of hydrogen-bond acceptors (Lipinski definition) is 5. The molecule has 0 atom stereocenters. The van der Waals surface area contributed by atoms with Gasteiger partial charge in [0.1, 0.15) is 11.3 Å². The van der Waals surface area contributed by atoms with Crippen LogP contribution in [0.3, 0.4) is 0 Å². The molecule has 1 saturated heterocycles. The highest BCUT2D eigenvalue weighted by atomic mass is 35.5. The maximum atomic E-state index is 13.0. The normalized spacial score (nSPS) is 14.9. The third kappa shape index (κ3) is 4.79. The Labute approximate surface area is 198 Å². The molecule has 1 aliphatic rings. The summed E-state index contributed by atoms with van der Waals surface area (Å²) in [7, 11) is 0. The van der Waals surface area contributed by atoms with Gasteiger partial charge >= 0.3 is 12.0 Å². The number of nitrogens with one attached hydrogen (secondary N) is 1. The zero-order valence-electron chi connectivity index (χ0n) is 16.7. The van der Waals surface area contributed by atoms with Crippen molar-refractivity contribution in [2.45, 2.75) is 0 Å². The quantitative estimate of drug-likeness (QED) is 0.248. The van der Waals surface area contributed by atoms with Gasteiger partial charge in [0.2, 0.25) is 0 Å². The predicted octanol–water partition coefficient (Wildman–Crippen LogP) is 4.88. The summed E-state index contributed by atoms with van der Waals surface area (Å²) < 4.78 is 5.46. The fourth-order valence-corrected chi connectivity index (χ4v) is 3.33. The van der Waals surface area contributed by atoms with E-state index in [0.717, 1.165) is 4.90 Å². The molecule has 1 aliphatic heterocycles. The number of amides is 4. The molecule has 0 aromatic heterocycles. The number of barbiturate groups is 1. The first-order valence-electron chi connectivity index (χ1n) is 9.57. The number of hydrogen-bond donors (Lipinski definition) is 1. The van der Waals surface area contributed by atoms with Crippen LogP contribution in [0.15, 0.2) is 78.4 Å². The minimum absolute atomic E-state index is 0.125. The highest BCUT2D eigenvalue weighted by molar-refractivity contribution is 6.39. The number of para-hydroxylation sites is 1. The van der Waals surface area contributed by atoms with Gasteiger partial charge in [-0.05, 0) is 60.7 Å². The summed E-state index contributed by atoms with van der Waals surface area (Å²) in [5, 5.41) is 3.03. The molecule has 3 aromatic carbocycles. The number of halogens is 2. The van der Waals surface area contributed by atoms with Gasteiger partial charge in [-0.1, -0.05) is 41.4 Å². The lowest BCUT2D eigenvalue weighted by Crippen LogP contribution is -2.54. The summed E-state index contributed by atoms with van der Waals surface area (Å²) in [4.78, 5) is 51.2. The van der Waals surface area contributed by atoms with Crippen LogP contribution in [0.2, 0.25) is 10.0 Å². The van der Waals surface area contributed by atoms with Crippen molar-refractivity contribution >= 4 is 58.8 Å². The molecule has 0 radical (unpaired) electrons. The van der Waals surface area contributed by atoms with Crippen LogP contribution in [0, 0.1) is 0 Å². The van der Waals surface area contributed by atoms with Gasteiger partial charge in [-0.25, -0.2) is 14.5 Å². The average molecular weight is 481 g/mol. The molecular weight excluding hydrogens is 467 g/mol. The second-order valence-corrected chi connectivity index (χ2v) is 7.74. The first-order valence-corrected chi connectivity index (χ1v) is 10.3. The van der Waals surface area contributed by atoms with Crippen LogP contribution in [0.25, 0.3) is 6.08 Å². The number of ether oxygens (including phenoxy) is 1. The van der Waals surface area contributed by atoms with E-state index >= 15 is 0 Å². The van der Waals surface area contributed by atoms with Gasteiger partial charge < -0.3 is 4.74 Å². The van der Waals surface area contributed by atoms with Crippen molar-refractivity contribution in [2.24, 2.45) is 0 Å². The average Bonchev–Trinajstić information content (AvgIpc) is 2.79. The Morgan fingerprint density at radius 2 is 1.45 bits per heavy atom. The number of esters is 1. The van der Waals surface area contributed by atoms with Gasteiger partial charge in [-0.15, -0.1) is 0 Å². The maximum Gasteiger partial charge on any atom is 0.343 e. The fraction of sp³-hybridized carbons (Fsp3) is 0. The van der Waals surface area contributed by atoms with Crippen molar-refractivity contribution in [2.75, 3.05) is 4.90 Å². The lowest BCUT2D eigenvalue weighted by Gasteiger charge is -2.26. The zero-order chi connectivity index (χ0) is 23.5. The van der Waals surface area contributed by atoms with E-state index in [2.05, 4.69) is 5.32 Å². The van der Waals surface area contributed by atoms with Crippen LogP contribution in [-0.2, 0) is 9.59 Å². The van der Waals surface area contributed by atoms with Crippen LogP contribution in [0.4, 0.5) is 10.5 Å². The lowest BCUT2D eigenvalue weighted by atomic mass is 10.1. The number of nitrogens with zero attached hydrogens (tertiary/aromatic N) is 1. The summed E-state index contributed by atoms with van der Waals surface area (Å²) in [6, 6.07) is 17.6. The molecule has 1 N–H and O–H groups in total. The number of rotatable bonds is 4. The van der Waals surface area contributed by atoms with Gasteiger partial charge in [-0.2, -0.15) is 0 Å². The number of carbonyl (C=O) groups excluding carboxylic acids is 4. The molecule has 3 aromatic rings. The molecular formula is C24H14Cl2N2O5. The van der Waals surface area contributed by atoms with Crippen molar-refractivity contribution in [3.8, 4) is 5.75 Å². The molecule has 4 amide bonds. The van der Waals surface area contributed by atoms with Gasteiger partial charge in [0.15, 0.2) is 0 Å². The van der Waals surface area contributed by atoms with Crippen molar-refractivity contribution in [3.05, 3.63) is 99.5 Å². The second-order valence-electron chi connectivity index (χ2n) is 6.87. The van der Waals surface area contributed by atoms with E-state index in [9.17, 15) is 19.2 Å². The second kappa shape index (κ2) is 9.28. The molecule has 7 nitrogen and oxygen atoms in total. The Morgan fingerprint density at radius 1 is 0.848 bits per heavy atom. The van der Waals surface area contributed by atoms with E-state index in [1.54, 1.807) is 30.3 Å². The smallest absolute Gasteiger partial charge is 0.343 e. The van der Waals surface area contributed by atoms with Crippen LogP contribution in [-0.4, -0.2) is 23.8 Å². The molecule has 1 fully saturated rings. The maximum absolute atomic E-state index is 13.0. The molecule has 0 aliphatic carbocycles. The molecule has 1 heterocycles. The summed E-state index contributed by atoms with van der Waals surface area (Å²) in [5.74, 6) is -2.21. The van der Waals surface area contributed by atoms with Crippen LogP contribution in [0.5, 0.6) is 5.75 Å². The van der Waals surface area contributed by atoms with Gasteiger partial charge in [-0.3, -0.25) is 14.9 Å². The van der Waals surface area contributed by atoms with Gasteiger partial charge in [0.25, 0.3) is 11.8 Å². The third-order valence-electron chi connectivity index (χ3n) is 4.69. The third-order valence-corrected chi connectivity index (χ3v) is 5.19. The van der Waals surface area contributed by atoms with E-state index in [-0.39, 0.29) is 22.6 Å². The van der Waals surface area contributed by atoms with E-state index in [4.69, 9.17) is 27.9 Å². The minimum atomic E-state index is -0.882. The van der Waals surface area contributed by atoms with Crippen molar-refractivity contribution in [1.82, 2.24) is 5.32 Å². The molecule has 0 spiro atoms. The monoisotopic (exact) mass is 480 g/mol. The number of imide groups is 2. The van der Waals surface area contributed by atoms with E-state index in [0.29, 0.717) is 15.6 Å². The zero-order valence-corrected chi connectivity index (χ0v) is 18.3. The summed E-state index contributed by atoms with van der Waals surface area (Å²) in [6.07, 6.45) is 1.26. The number of carbonyl (C=O) groups is 4. The molecule has 0 saturated carbocycles. The van der Waals surface area contributed by atoms with E-state index in [1.807, 2.05) is 0 Å². The number of anilines is 1. The fourth-order valence-electron chi connectivity index (χ4n) is 3.08. The Bertz CT molecular complexity index is 1300. The predicted molar refractivity (Wildman–Crippen MR) is 123 cm³/mol. The number of urea groups is 1. The van der Waals surface area contributed by atoms with Crippen LogP contribution in [0.1, 0.15) is 15.9 Å². The van der Waals surface area contributed by atoms with Crippen molar-refractivity contribution in [3.63, 3.8) is 0 Å². The van der Waals surface area contributed by atoms with Crippen LogP contribution >= 0.6 is 23.2 Å². The Kier molecular flexibility index (Phi) is 6.26. The van der Waals surface area contributed by atoms with Crippen LogP contribution < -0.4 is 15.0 Å². The first kappa shape index (κ1) is 22.3. The molecule has 9 heteroatoms. The molecule has 4 rings (SSSR count). The summed E-state index contributed by atoms with van der Waals surface area (Å²) in [6.45, 7) is 0. The lowest BCUT2D eigenvalue weighted by molar-refractivity contribution is -0.122. The molecule has 33 heavy (non-hydrogen) atoms. The topological polar surface area (TPSA) is 92.8 Å². The van der Waals surface area contributed by atoms with Crippen molar-refractivity contribution in [1.29, 1.82) is 0 Å². The Morgan fingerprint density at radius 3 is 2.12 bits per heavy atom. The SMILES string of the molecule is O=C1NC(=O)N(c2ccc(Cl)cc2)C(=O)C1=Cc1ccccc1OC(=O)c1ccc(Cl)cc1. The molecule has 164 valence electrons. The van der Waals surface area contributed by atoms with E-state index < -0.39 is 23.8 Å². The minimum Gasteiger partial charge on any atom is -0.422 e. The summed E-state index contributed by atoms with van der Waals surface area (Å²) in [5.41, 5.74) is 0.499. The summed E-state index contributed by atoms with van der Waals surface area (Å²) >= 11 is 11.7. The Hall–Kier alpha value is -3.94. The molecule has 0 unspecified atom stereocenters. The number of benzene rings is 3. The van der Waals surface area contributed by atoms with E-state index in [1.165, 1.54) is 48.5 Å². The first-order chi connectivity index (χ1) is 15.8. The van der Waals surface area contributed by atoms with Gasteiger partial charge in [0, 0.05) is 15.6 Å². The highest BCUT2D eigenvalue weighted by Gasteiger charge is 2.37. The standard InChI is InChI=1S/C24H14Cl2N2O5/c25-16-7-5-14(6-8-16)23(31)33-20-4-2-1-3-15(20)13-19-21(29)27-24(32)28(22(19)30)18-11-9-17(26)10-12-18/h1-13H,(H,27,29,32). The molecule has 0 bridgehead atoms. The largest absolute Gasteiger partial charge is 0.422 e. The van der Waals surface area contributed by atoms with Gasteiger partial charge in [0.05, 0.1) is 11.3 Å². The van der Waals surface area contributed by atoms with Crippen molar-refractivity contribution < 1.29 is 23.9 Å².